The monoisotopic (exact) mass is 517 g/mol. The van der Waals surface area contributed by atoms with E-state index in [4.69, 9.17) is 4.74 Å². The second-order valence-electron chi connectivity index (χ2n) is 8.76. The Morgan fingerprint density at radius 1 is 1.16 bits per heavy atom. The Bertz CT molecular complexity index is 1310. The number of hydrogen-bond donors (Lipinski definition) is 3. The fourth-order valence-corrected chi connectivity index (χ4v) is 5.30. The van der Waals surface area contributed by atoms with Crippen LogP contribution in [0.2, 0.25) is 0 Å². The van der Waals surface area contributed by atoms with Crippen LogP contribution in [0.1, 0.15) is 22.3 Å². The summed E-state index contributed by atoms with van der Waals surface area (Å²) in [6.45, 7) is 1.99. The minimum Gasteiger partial charge on any atom is -0.494 e. The van der Waals surface area contributed by atoms with Crippen molar-refractivity contribution in [2.24, 2.45) is 0 Å². The zero-order chi connectivity index (χ0) is 26.4. The summed E-state index contributed by atoms with van der Waals surface area (Å²) in [6.07, 6.45) is 2.64. The highest BCUT2D eigenvalue weighted by atomic mass is 32.2. The number of aromatic nitrogens is 1. The molecule has 4 rings (SSSR count). The molecule has 1 aromatic heterocycles. The first-order chi connectivity index (χ1) is 17.9. The summed E-state index contributed by atoms with van der Waals surface area (Å²) in [5.74, 6) is 1.02. The molecule has 0 radical (unpaired) electrons. The maximum atomic E-state index is 12.3. The molecule has 1 aliphatic heterocycles. The van der Waals surface area contributed by atoms with E-state index in [0.29, 0.717) is 39.3 Å². The molecule has 9 nitrogen and oxygen atoms in total. The maximum absolute atomic E-state index is 12.3. The second-order valence-corrected chi connectivity index (χ2v) is 10.4. The molecule has 10 heteroatoms. The van der Waals surface area contributed by atoms with Crippen LogP contribution in [-0.2, 0) is 0 Å². The van der Waals surface area contributed by atoms with Crippen LogP contribution in [0.25, 0.3) is 0 Å². The standard InChI is InChI=1S/C27H31N7O2S/c1-29-27(35)21-7-5-6-8-22(21)31-24-14-26(30-16-18(24)15-28)32-23-10-9-19(13-25(23)36-4)34-12-11-20(17-34)37-33(2)3/h5-10,13-14,16,20H,11-12,17H2,1-4H3,(H,29,35)(H2,30,31,32). The second kappa shape index (κ2) is 11.9. The van der Waals surface area contributed by atoms with E-state index in [9.17, 15) is 10.1 Å². The number of hydrogen-bond acceptors (Lipinski definition) is 9. The molecule has 37 heavy (non-hydrogen) atoms. The van der Waals surface area contributed by atoms with Gasteiger partial charge in [0.15, 0.2) is 0 Å². The fraction of sp³-hybridized carbons (Fsp3) is 0.296. The molecule has 0 spiro atoms. The third kappa shape index (κ3) is 6.25. The molecule has 2 heterocycles. The number of nitrogens with one attached hydrogen (secondary N) is 3. The lowest BCUT2D eigenvalue weighted by Gasteiger charge is -2.21. The Labute approximate surface area is 222 Å². The third-order valence-electron chi connectivity index (χ3n) is 6.01. The third-order valence-corrected chi connectivity index (χ3v) is 7.11. The van der Waals surface area contributed by atoms with E-state index < -0.39 is 0 Å². The number of methoxy groups -OCH3 is 1. The minimum atomic E-state index is -0.219. The van der Waals surface area contributed by atoms with Crippen molar-refractivity contribution in [1.29, 1.82) is 5.26 Å². The average molecular weight is 518 g/mol. The van der Waals surface area contributed by atoms with Gasteiger partial charge >= 0.3 is 0 Å². The summed E-state index contributed by atoms with van der Waals surface area (Å²) in [4.78, 5) is 19.1. The molecule has 1 atom stereocenters. The number of benzene rings is 2. The lowest BCUT2D eigenvalue weighted by Crippen LogP contribution is -2.21. The SMILES string of the molecule is CNC(=O)c1ccccc1Nc1cc(Nc2ccc(N3CCC(SN(C)C)C3)cc2OC)ncc1C#N. The largest absolute Gasteiger partial charge is 0.494 e. The first kappa shape index (κ1) is 26.1. The van der Waals surface area contributed by atoms with Crippen LogP contribution >= 0.6 is 11.9 Å². The number of carbonyl (C=O) groups is 1. The summed E-state index contributed by atoms with van der Waals surface area (Å²) in [7, 11) is 7.39. The normalized spacial score (nSPS) is 14.8. The van der Waals surface area contributed by atoms with E-state index in [1.807, 2.05) is 30.1 Å². The van der Waals surface area contributed by atoms with Crippen LogP contribution in [-0.4, -0.2) is 61.8 Å². The quantitative estimate of drug-likeness (QED) is 0.351. The maximum Gasteiger partial charge on any atom is 0.253 e. The molecule has 0 saturated carbocycles. The van der Waals surface area contributed by atoms with E-state index in [1.54, 1.807) is 38.4 Å². The van der Waals surface area contributed by atoms with Crippen molar-refractivity contribution in [3.8, 4) is 11.8 Å². The lowest BCUT2D eigenvalue weighted by molar-refractivity contribution is 0.0964. The van der Waals surface area contributed by atoms with E-state index in [2.05, 4.69) is 56.4 Å². The summed E-state index contributed by atoms with van der Waals surface area (Å²) >= 11 is 1.87. The van der Waals surface area contributed by atoms with Crippen molar-refractivity contribution in [3.05, 3.63) is 65.9 Å². The highest BCUT2D eigenvalue weighted by molar-refractivity contribution is 7.97. The zero-order valence-electron chi connectivity index (χ0n) is 21.4. The van der Waals surface area contributed by atoms with Crippen molar-refractivity contribution < 1.29 is 9.53 Å². The molecule has 0 aliphatic carbocycles. The van der Waals surface area contributed by atoms with E-state index >= 15 is 0 Å². The van der Waals surface area contributed by atoms with Crippen LogP contribution in [0.3, 0.4) is 0 Å². The van der Waals surface area contributed by atoms with E-state index in [0.717, 1.165) is 30.9 Å². The summed E-state index contributed by atoms with van der Waals surface area (Å²) in [6, 6.07) is 17.1. The number of anilines is 5. The Balaban J connectivity index is 1.55. The van der Waals surface area contributed by atoms with Crippen LogP contribution < -0.4 is 25.6 Å². The van der Waals surface area contributed by atoms with Gasteiger partial charge in [0.1, 0.15) is 17.6 Å². The number of nitriles is 1. The van der Waals surface area contributed by atoms with Gasteiger partial charge in [-0.15, -0.1) is 0 Å². The molecular weight excluding hydrogens is 486 g/mol. The molecule has 0 bridgehead atoms. The minimum absolute atomic E-state index is 0.219. The Kier molecular flexibility index (Phi) is 8.38. The van der Waals surface area contributed by atoms with Crippen LogP contribution in [0.5, 0.6) is 5.75 Å². The van der Waals surface area contributed by atoms with Crippen molar-refractivity contribution >= 4 is 46.4 Å². The van der Waals surface area contributed by atoms with Gasteiger partial charge in [-0.05, 0) is 44.8 Å². The number of ether oxygens (including phenoxy) is 1. The molecule has 1 saturated heterocycles. The smallest absolute Gasteiger partial charge is 0.253 e. The van der Waals surface area contributed by atoms with Gasteiger partial charge < -0.3 is 25.6 Å². The molecule has 2 aromatic carbocycles. The van der Waals surface area contributed by atoms with Gasteiger partial charge in [-0.25, -0.2) is 4.98 Å². The van der Waals surface area contributed by atoms with Gasteiger partial charge in [0, 0.05) is 49.4 Å². The molecule has 1 fully saturated rings. The Morgan fingerprint density at radius 3 is 2.70 bits per heavy atom. The summed E-state index contributed by atoms with van der Waals surface area (Å²) in [5.41, 5.74) is 3.84. The predicted octanol–water partition coefficient (Wildman–Crippen LogP) is 4.60. The fourth-order valence-electron chi connectivity index (χ4n) is 4.25. The first-order valence-corrected chi connectivity index (χ1v) is 12.8. The van der Waals surface area contributed by atoms with Gasteiger partial charge in [-0.2, -0.15) is 5.26 Å². The molecule has 3 aromatic rings. The van der Waals surface area contributed by atoms with Crippen LogP contribution in [0, 0.1) is 11.3 Å². The Morgan fingerprint density at radius 2 is 1.97 bits per heavy atom. The average Bonchev–Trinajstić information content (AvgIpc) is 3.36. The molecule has 3 N–H and O–H groups in total. The molecule has 1 amide bonds. The lowest BCUT2D eigenvalue weighted by atomic mass is 10.1. The molecule has 1 unspecified atom stereocenters. The molecule has 1 aliphatic rings. The van der Waals surface area contributed by atoms with Gasteiger partial charge in [0.25, 0.3) is 5.91 Å². The summed E-state index contributed by atoms with van der Waals surface area (Å²) in [5, 5.41) is 19.4. The van der Waals surface area contributed by atoms with E-state index in [-0.39, 0.29) is 5.91 Å². The van der Waals surface area contributed by atoms with Gasteiger partial charge in [0.05, 0.1) is 35.3 Å². The number of para-hydroxylation sites is 1. The zero-order valence-corrected chi connectivity index (χ0v) is 22.2. The Hall–Kier alpha value is -3.94. The first-order valence-electron chi connectivity index (χ1n) is 11.9. The number of nitrogens with zero attached hydrogens (tertiary/aromatic N) is 4. The van der Waals surface area contributed by atoms with Crippen molar-refractivity contribution in [2.75, 3.05) is 56.9 Å². The molecule has 192 valence electrons. The van der Waals surface area contributed by atoms with Gasteiger partial charge in [0.2, 0.25) is 0 Å². The number of rotatable bonds is 9. The van der Waals surface area contributed by atoms with Gasteiger partial charge in [-0.3, -0.25) is 9.10 Å². The predicted molar refractivity (Wildman–Crippen MR) is 150 cm³/mol. The highest BCUT2D eigenvalue weighted by Gasteiger charge is 2.24. The highest BCUT2D eigenvalue weighted by Crippen LogP contribution is 2.35. The number of pyridine rings is 1. The summed E-state index contributed by atoms with van der Waals surface area (Å²) < 4.78 is 7.85. The molecular formula is C27H31N7O2S. The van der Waals surface area contributed by atoms with Crippen LogP contribution in [0.4, 0.5) is 28.6 Å². The number of amides is 1. The van der Waals surface area contributed by atoms with Crippen molar-refractivity contribution in [1.82, 2.24) is 14.6 Å². The topological polar surface area (TPSA) is 106 Å². The van der Waals surface area contributed by atoms with Crippen LogP contribution in [0.15, 0.2) is 54.7 Å². The number of carbonyl (C=O) groups excluding carboxylic acids is 1. The van der Waals surface area contributed by atoms with Crippen molar-refractivity contribution in [2.45, 2.75) is 11.7 Å². The van der Waals surface area contributed by atoms with E-state index in [1.165, 1.54) is 6.20 Å². The van der Waals surface area contributed by atoms with Crippen molar-refractivity contribution in [3.63, 3.8) is 0 Å². The van der Waals surface area contributed by atoms with Gasteiger partial charge in [-0.1, -0.05) is 24.1 Å².